The lowest BCUT2D eigenvalue weighted by Gasteiger charge is -2.04. The lowest BCUT2D eigenvalue weighted by atomic mass is 10.2. The fraction of sp³-hybridized carbons (Fsp3) is 0.0909. The molecule has 1 amide bonds. The second-order valence-electron chi connectivity index (χ2n) is 3.39. The summed E-state index contributed by atoms with van der Waals surface area (Å²) in [5.74, 6) is -0.259. The minimum atomic E-state index is -0.259. The highest BCUT2D eigenvalue weighted by atomic mass is 35.5. The van der Waals surface area contributed by atoms with Gasteiger partial charge in [0.25, 0.3) is 5.91 Å². The van der Waals surface area contributed by atoms with Gasteiger partial charge in [0.05, 0.1) is 10.9 Å². The second kappa shape index (κ2) is 5.89. The maximum atomic E-state index is 11.8. The van der Waals surface area contributed by atoms with E-state index in [0.717, 1.165) is 4.88 Å². The first-order valence-electron chi connectivity index (χ1n) is 4.90. The zero-order valence-corrected chi connectivity index (χ0v) is 12.0. The van der Waals surface area contributed by atoms with E-state index in [9.17, 15) is 4.79 Å². The van der Waals surface area contributed by atoms with Crippen LogP contribution >= 0.6 is 46.1 Å². The molecule has 94 valence electrons. The van der Waals surface area contributed by atoms with E-state index < -0.39 is 0 Å². The Morgan fingerprint density at radius 3 is 2.44 bits per heavy atom. The Hall–Kier alpha value is -0.810. The summed E-state index contributed by atoms with van der Waals surface area (Å²) >= 11 is 18.7. The highest BCUT2D eigenvalue weighted by Crippen LogP contribution is 2.21. The molecule has 0 aliphatic carbocycles. The van der Waals surface area contributed by atoms with Crippen molar-refractivity contribution in [1.82, 2.24) is 10.3 Å². The van der Waals surface area contributed by atoms with Crippen LogP contribution in [0.15, 0.2) is 24.3 Å². The maximum absolute atomic E-state index is 11.8. The summed E-state index contributed by atoms with van der Waals surface area (Å²) in [5.41, 5.74) is 0.377. The molecule has 0 bridgehead atoms. The van der Waals surface area contributed by atoms with E-state index in [4.69, 9.17) is 34.8 Å². The number of nitrogens with one attached hydrogen (secondary N) is 1. The second-order valence-corrected chi connectivity index (χ2v) is 5.96. The number of carbonyl (C=O) groups excluding carboxylic acids is 1. The summed E-state index contributed by atoms with van der Waals surface area (Å²) in [4.78, 5) is 16.6. The van der Waals surface area contributed by atoms with Crippen molar-refractivity contribution in [3.8, 4) is 0 Å². The molecule has 2 rings (SSSR count). The standard InChI is InChI=1S/C11H7Cl3N2OS/c12-8-3-6(4-9(13)16-8)11(17)15-5-7-1-2-10(14)18-7/h1-4H,5H2,(H,15,17). The van der Waals surface area contributed by atoms with Crippen LogP contribution in [-0.4, -0.2) is 10.9 Å². The summed E-state index contributed by atoms with van der Waals surface area (Å²) < 4.78 is 0.689. The molecule has 0 aliphatic rings. The smallest absolute Gasteiger partial charge is 0.251 e. The van der Waals surface area contributed by atoms with E-state index in [1.807, 2.05) is 6.07 Å². The molecule has 0 saturated heterocycles. The van der Waals surface area contributed by atoms with Crippen molar-refractivity contribution < 1.29 is 4.79 Å². The number of thiophene rings is 1. The van der Waals surface area contributed by atoms with E-state index in [-0.39, 0.29) is 16.2 Å². The number of amides is 1. The molecular weight excluding hydrogens is 315 g/mol. The Bertz CT molecular complexity index is 565. The van der Waals surface area contributed by atoms with Gasteiger partial charge in [0.1, 0.15) is 10.3 Å². The predicted molar refractivity (Wildman–Crippen MR) is 74.8 cm³/mol. The first-order chi connectivity index (χ1) is 8.54. The van der Waals surface area contributed by atoms with Gasteiger partial charge in [0.15, 0.2) is 0 Å². The number of pyridine rings is 1. The Labute approximate surface area is 123 Å². The molecule has 0 spiro atoms. The lowest BCUT2D eigenvalue weighted by molar-refractivity contribution is 0.0951. The SMILES string of the molecule is O=C(NCc1ccc(Cl)s1)c1cc(Cl)nc(Cl)c1. The molecule has 0 fully saturated rings. The van der Waals surface area contributed by atoms with Gasteiger partial charge >= 0.3 is 0 Å². The van der Waals surface area contributed by atoms with Gasteiger partial charge in [0.2, 0.25) is 0 Å². The summed E-state index contributed by atoms with van der Waals surface area (Å²) in [6, 6.07) is 6.57. The fourth-order valence-electron chi connectivity index (χ4n) is 1.31. The predicted octanol–water partition coefficient (Wildman–Crippen LogP) is 4.03. The van der Waals surface area contributed by atoms with Crippen LogP contribution in [0, 0.1) is 0 Å². The summed E-state index contributed by atoms with van der Waals surface area (Å²) in [5, 5.41) is 3.12. The van der Waals surface area contributed by atoms with E-state index in [1.165, 1.54) is 23.5 Å². The summed E-state index contributed by atoms with van der Waals surface area (Å²) in [7, 11) is 0. The van der Waals surface area contributed by atoms with Crippen molar-refractivity contribution in [2.45, 2.75) is 6.54 Å². The van der Waals surface area contributed by atoms with Gasteiger partial charge in [-0.3, -0.25) is 4.79 Å². The minimum Gasteiger partial charge on any atom is -0.347 e. The molecule has 2 aromatic heterocycles. The van der Waals surface area contributed by atoms with Crippen molar-refractivity contribution >= 4 is 52.0 Å². The maximum Gasteiger partial charge on any atom is 0.251 e. The van der Waals surface area contributed by atoms with Crippen LogP contribution in [0.4, 0.5) is 0 Å². The molecule has 0 aliphatic heterocycles. The van der Waals surface area contributed by atoms with Gasteiger partial charge < -0.3 is 5.32 Å². The summed E-state index contributed by atoms with van der Waals surface area (Å²) in [6.45, 7) is 0.410. The zero-order valence-electron chi connectivity index (χ0n) is 8.91. The van der Waals surface area contributed by atoms with Crippen LogP contribution in [0.5, 0.6) is 0 Å². The average molecular weight is 322 g/mol. The largest absolute Gasteiger partial charge is 0.347 e. The van der Waals surface area contributed by atoms with Crippen LogP contribution in [0.25, 0.3) is 0 Å². The molecule has 0 atom stereocenters. The molecule has 2 heterocycles. The Balaban J connectivity index is 2.03. The van der Waals surface area contributed by atoms with Crippen LogP contribution in [0.2, 0.25) is 14.6 Å². The van der Waals surface area contributed by atoms with Crippen LogP contribution < -0.4 is 5.32 Å². The fourth-order valence-corrected chi connectivity index (χ4v) is 2.80. The van der Waals surface area contributed by atoms with E-state index in [0.29, 0.717) is 16.4 Å². The van der Waals surface area contributed by atoms with Crippen molar-refractivity contribution in [1.29, 1.82) is 0 Å². The number of halogens is 3. The monoisotopic (exact) mass is 320 g/mol. The van der Waals surface area contributed by atoms with Crippen LogP contribution in [0.1, 0.15) is 15.2 Å². The molecular formula is C11H7Cl3N2OS. The van der Waals surface area contributed by atoms with Crippen LogP contribution in [0.3, 0.4) is 0 Å². The molecule has 7 heteroatoms. The topological polar surface area (TPSA) is 42.0 Å². The highest BCUT2D eigenvalue weighted by molar-refractivity contribution is 7.16. The lowest BCUT2D eigenvalue weighted by Crippen LogP contribution is -2.22. The number of nitrogens with zero attached hydrogens (tertiary/aromatic N) is 1. The number of hydrogen-bond acceptors (Lipinski definition) is 3. The number of carbonyl (C=O) groups is 1. The first-order valence-corrected chi connectivity index (χ1v) is 6.85. The number of aromatic nitrogens is 1. The number of rotatable bonds is 3. The number of hydrogen-bond donors (Lipinski definition) is 1. The third kappa shape index (κ3) is 3.59. The Morgan fingerprint density at radius 1 is 1.22 bits per heavy atom. The van der Waals surface area contributed by atoms with Crippen molar-refractivity contribution in [3.63, 3.8) is 0 Å². The third-order valence-corrected chi connectivity index (χ3v) is 3.70. The van der Waals surface area contributed by atoms with Gasteiger partial charge in [-0.05, 0) is 24.3 Å². The molecule has 0 aromatic carbocycles. The molecule has 3 nitrogen and oxygen atoms in total. The highest BCUT2D eigenvalue weighted by Gasteiger charge is 2.09. The van der Waals surface area contributed by atoms with Gasteiger partial charge in [-0.2, -0.15) is 0 Å². The van der Waals surface area contributed by atoms with Crippen molar-refractivity contribution in [2.24, 2.45) is 0 Å². The summed E-state index contributed by atoms with van der Waals surface area (Å²) in [6.07, 6.45) is 0. The molecule has 0 radical (unpaired) electrons. The van der Waals surface area contributed by atoms with Crippen molar-refractivity contribution in [2.75, 3.05) is 0 Å². The Kier molecular flexibility index (Phi) is 4.45. The van der Waals surface area contributed by atoms with E-state index in [1.54, 1.807) is 6.07 Å². The van der Waals surface area contributed by atoms with Gasteiger partial charge in [-0.15, -0.1) is 11.3 Å². The molecule has 2 aromatic rings. The quantitative estimate of drug-likeness (QED) is 0.867. The zero-order chi connectivity index (χ0) is 13.1. The Morgan fingerprint density at radius 2 is 1.89 bits per heavy atom. The molecule has 18 heavy (non-hydrogen) atoms. The average Bonchev–Trinajstić information content (AvgIpc) is 2.70. The van der Waals surface area contributed by atoms with Crippen LogP contribution in [-0.2, 0) is 6.54 Å². The van der Waals surface area contributed by atoms with Gasteiger partial charge in [-0.25, -0.2) is 4.98 Å². The molecule has 1 N–H and O–H groups in total. The third-order valence-electron chi connectivity index (χ3n) is 2.08. The van der Waals surface area contributed by atoms with Gasteiger partial charge in [-0.1, -0.05) is 34.8 Å². The van der Waals surface area contributed by atoms with Gasteiger partial charge in [0, 0.05) is 10.4 Å². The molecule has 0 unspecified atom stereocenters. The van der Waals surface area contributed by atoms with E-state index in [2.05, 4.69) is 10.3 Å². The van der Waals surface area contributed by atoms with Crippen molar-refractivity contribution in [3.05, 3.63) is 49.3 Å². The molecule has 0 saturated carbocycles. The normalized spacial score (nSPS) is 10.4. The van der Waals surface area contributed by atoms with E-state index >= 15 is 0 Å². The first kappa shape index (κ1) is 13.6. The minimum absolute atomic E-state index is 0.187.